The predicted molar refractivity (Wildman–Crippen MR) is 164 cm³/mol. The summed E-state index contributed by atoms with van der Waals surface area (Å²) in [6.45, 7) is 0. The van der Waals surface area contributed by atoms with Crippen LogP contribution in [0.15, 0.2) is 122 Å². The van der Waals surface area contributed by atoms with Gasteiger partial charge in [-0.1, -0.05) is 72.8 Å². The van der Waals surface area contributed by atoms with Crippen LogP contribution in [0.2, 0.25) is 0 Å². The van der Waals surface area contributed by atoms with Gasteiger partial charge in [-0.15, -0.1) is 0 Å². The number of aliphatic carboxylic acids is 1. The first-order valence-electron chi connectivity index (χ1n) is 13.8. The number of carbonyl (C=O) groups is 2. The summed E-state index contributed by atoms with van der Waals surface area (Å²) in [5.41, 5.74) is 8.58. The summed E-state index contributed by atoms with van der Waals surface area (Å²) >= 11 is 0. The number of benzene rings is 2. The fourth-order valence-corrected chi connectivity index (χ4v) is 5.21. The number of aromatic amines is 1. The molecule has 0 aliphatic carbocycles. The van der Waals surface area contributed by atoms with Gasteiger partial charge in [-0.2, -0.15) is 5.10 Å². The largest absolute Gasteiger partial charge is 0.481 e. The summed E-state index contributed by atoms with van der Waals surface area (Å²) in [6.07, 6.45) is 11.1. The van der Waals surface area contributed by atoms with Crippen molar-refractivity contribution in [1.29, 1.82) is 0 Å². The van der Waals surface area contributed by atoms with E-state index in [0.717, 1.165) is 50.2 Å². The summed E-state index contributed by atoms with van der Waals surface area (Å²) in [5, 5.41) is 15.7. The number of Topliss-reactive ketones (excluding diaryl/α,β-unsaturated/α-hetero) is 1. The quantitative estimate of drug-likeness (QED) is 0.243. The second-order valence-corrected chi connectivity index (χ2v) is 10.1. The average molecular weight is 569 g/mol. The van der Waals surface area contributed by atoms with Crippen molar-refractivity contribution in [1.82, 2.24) is 29.0 Å². The van der Waals surface area contributed by atoms with Crippen molar-refractivity contribution in [3.05, 3.63) is 139 Å². The van der Waals surface area contributed by atoms with Crippen molar-refractivity contribution < 1.29 is 14.7 Å². The minimum absolute atomic E-state index is 0.0298. The lowest BCUT2D eigenvalue weighted by molar-refractivity contribution is -0.136. The van der Waals surface area contributed by atoms with Gasteiger partial charge in [-0.25, -0.2) is 9.97 Å². The molecule has 0 radical (unpaired) electrons. The number of H-pyrrole nitrogens is 1. The number of pyridine rings is 2. The maximum atomic E-state index is 12.6. The number of hydrogen-bond donors (Lipinski definition) is 2. The van der Waals surface area contributed by atoms with Gasteiger partial charge in [0.1, 0.15) is 5.78 Å². The van der Waals surface area contributed by atoms with Crippen LogP contribution in [0.4, 0.5) is 0 Å². The molecule has 0 saturated heterocycles. The zero-order valence-corrected chi connectivity index (χ0v) is 23.2. The van der Waals surface area contributed by atoms with Gasteiger partial charge < -0.3 is 13.9 Å². The number of imidazole rings is 2. The number of nitrogens with one attached hydrogen (secondary N) is 1. The van der Waals surface area contributed by atoms with Crippen LogP contribution >= 0.6 is 0 Å². The molecule has 5 aromatic heterocycles. The van der Waals surface area contributed by atoms with Crippen LogP contribution in [0.3, 0.4) is 0 Å². The molecule has 0 saturated carbocycles. The lowest BCUT2D eigenvalue weighted by atomic mass is 9.99. The molecule has 0 bridgehead atoms. The summed E-state index contributed by atoms with van der Waals surface area (Å²) < 4.78 is 3.83. The Labute approximate surface area is 247 Å². The molecule has 5 heterocycles. The highest BCUT2D eigenvalue weighted by Gasteiger charge is 2.15. The van der Waals surface area contributed by atoms with E-state index in [2.05, 4.69) is 38.4 Å². The van der Waals surface area contributed by atoms with Crippen LogP contribution in [0.25, 0.3) is 33.3 Å². The Hall–Kier alpha value is -5.83. The highest BCUT2D eigenvalue weighted by Crippen LogP contribution is 2.27. The zero-order valence-electron chi connectivity index (χ0n) is 23.2. The van der Waals surface area contributed by atoms with Crippen LogP contribution in [-0.4, -0.2) is 45.8 Å². The van der Waals surface area contributed by atoms with E-state index in [4.69, 9.17) is 5.11 Å². The molecule has 9 heteroatoms. The minimum atomic E-state index is -0.849. The first kappa shape index (κ1) is 27.3. The van der Waals surface area contributed by atoms with Gasteiger partial charge in [0, 0.05) is 41.6 Å². The third-order valence-corrected chi connectivity index (χ3v) is 7.19. The Balaban J connectivity index is 0.000000157. The molecule has 0 spiro atoms. The van der Waals surface area contributed by atoms with Crippen LogP contribution in [0.5, 0.6) is 0 Å². The van der Waals surface area contributed by atoms with E-state index >= 15 is 0 Å². The van der Waals surface area contributed by atoms with E-state index in [1.807, 2.05) is 75.5 Å². The third kappa shape index (κ3) is 6.11. The molecule has 43 heavy (non-hydrogen) atoms. The fourth-order valence-electron chi connectivity index (χ4n) is 5.21. The number of carbonyl (C=O) groups excluding carboxylic acids is 1. The highest BCUT2D eigenvalue weighted by atomic mass is 16.4. The van der Waals surface area contributed by atoms with Gasteiger partial charge in [0.2, 0.25) is 0 Å². The van der Waals surface area contributed by atoms with Gasteiger partial charge >= 0.3 is 5.97 Å². The third-order valence-electron chi connectivity index (χ3n) is 7.19. The standard InChI is InChI=1S/C19H16N4O.C15H12N2O2/c24-17(8-14-10-21-22-11-14)9-19-18(15-4-2-1-3-5-15)7-6-16-12-20-13-23(16)19;18-15(19)8-14-13(11-4-2-1-3-5-11)7-6-12-9-16-10-17(12)14/h1-7,10-13H,8-9H2,(H,21,22);1-7,9-10H,8H2,(H,18,19). The normalized spacial score (nSPS) is 10.9. The SMILES string of the molecule is O=C(Cc1cn[nH]c1)Cc1c(-c2ccccc2)ccc2cncn12.O=C(O)Cc1c(-c2ccccc2)ccc2cncn12. The van der Waals surface area contributed by atoms with Crippen LogP contribution < -0.4 is 0 Å². The van der Waals surface area contributed by atoms with Gasteiger partial charge in [0.15, 0.2) is 0 Å². The smallest absolute Gasteiger partial charge is 0.309 e. The van der Waals surface area contributed by atoms with Gasteiger partial charge in [0.05, 0.1) is 48.7 Å². The molecule has 0 unspecified atom stereocenters. The fraction of sp³-hybridized carbons (Fsp3) is 0.0882. The molecule has 0 amide bonds. The van der Waals surface area contributed by atoms with Gasteiger partial charge in [-0.3, -0.25) is 14.7 Å². The van der Waals surface area contributed by atoms with Crippen LogP contribution in [0, 0.1) is 0 Å². The maximum Gasteiger partial charge on any atom is 0.309 e. The Morgan fingerprint density at radius 2 is 1.19 bits per heavy atom. The Bertz CT molecular complexity index is 1990. The van der Waals surface area contributed by atoms with Crippen molar-refractivity contribution in [3.8, 4) is 22.3 Å². The topological polar surface area (TPSA) is 118 Å². The van der Waals surface area contributed by atoms with Crippen LogP contribution in [0.1, 0.15) is 17.0 Å². The first-order valence-corrected chi connectivity index (χ1v) is 13.8. The van der Waals surface area contributed by atoms with Crippen LogP contribution in [-0.2, 0) is 28.9 Å². The molecule has 2 N–H and O–H groups in total. The first-order chi connectivity index (χ1) is 21.1. The van der Waals surface area contributed by atoms with E-state index in [1.165, 1.54) is 0 Å². The zero-order chi connectivity index (χ0) is 29.6. The van der Waals surface area contributed by atoms with Gasteiger partial charge in [-0.05, 0) is 28.8 Å². The number of fused-ring (bicyclic) bond motifs is 2. The summed E-state index contributed by atoms with van der Waals surface area (Å²) in [5.74, 6) is -0.701. The van der Waals surface area contributed by atoms with Crippen molar-refractivity contribution in [2.24, 2.45) is 0 Å². The highest BCUT2D eigenvalue weighted by molar-refractivity contribution is 5.85. The van der Waals surface area contributed by atoms with E-state index in [9.17, 15) is 9.59 Å². The molecule has 0 aliphatic rings. The van der Waals surface area contributed by atoms with Crippen molar-refractivity contribution in [2.75, 3.05) is 0 Å². The molecule has 7 rings (SSSR count). The van der Waals surface area contributed by atoms with E-state index in [0.29, 0.717) is 12.8 Å². The number of aromatic nitrogens is 6. The number of carboxylic acids is 1. The van der Waals surface area contributed by atoms with E-state index in [1.54, 1.807) is 37.4 Å². The molecular formula is C34H28N6O3. The number of carboxylic acid groups (broad SMARTS) is 1. The number of hydrogen-bond acceptors (Lipinski definition) is 5. The summed E-state index contributed by atoms with van der Waals surface area (Å²) in [6, 6.07) is 27.9. The van der Waals surface area contributed by atoms with E-state index < -0.39 is 5.97 Å². The van der Waals surface area contributed by atoms with Crippen molar-refractivity contribution in [2.45, 2.75) is 19.3 Å². The molecule has 7 aromatic rings. The molecule has 0 atom stereocenters. The second-order valence-electron chi connectivity index (χ2n) is 10.1. The Morgan fingerprint density at radius 3 is 1.67 bits per heavy atom. The molecule has 212 valence electrons. The van der Waals surface area contributed by atoms with Crippen molar-refractivity contribution >= 4 is 22.8 Å². The lowest BCUT2D eigenvalue weighted by Crippen LogP contribution is -2.10. The van der Waals surface area contributed by atoms with E-state index in [-0.39, 0.29) is 12.2 Å². The number of nitrogens with zero attached hydrogens (tertiary/aromatic N) is 5. The molecule has 2 aromatic carbocycles. The minimum Gasteiger partial charge on any atom is -0.481 e. The summed E-state index contributed by atoms with van der Waals surface area (Å²) in [7, 11) is 0. The second kappa shape index (κ2) is 12.4. The monoisotopic (exact) mass is 568 g/mol. The van der Waals surface area contributed by atoms with Gasteiger partial charge in [0.25, 0.3) is 0 Å². The average Bonchev–Trinajstić information content (AvgIpc) is 3.81. The number of ketones is 1. The predicted octanol–water partition coefficient (Wildman–Crippen LogP) is 5.71. The number of rotatable bonds is 8. The summed E-state index contributed by atoms with van der Waals surface area (Å²) in [4.78, 5) is 31.9. The molecular weight excluding hydrogens is 540 g/mol. The Morgan fingerprint density at radius 1 is 0.651 bits per heavy atom. The molecule has 0 fully saturated rings. The lowest BCUT2D eigenvalue weighted by Gasteiger charge is -2.12. The van der Waals surface area contributed by atoms with Crippen molar-refractivity contribution in [3.63, 3.8) is 0 Å². The molecule has 0 aliphatic heterocycles. The Kier molecular flexibility index (Phi) is 7.86. The molecule has 9 nitrogen and oxygen atoms in total. The maximum absolute atomic E-state index is 12.6.